The summed E-state index contributed by atoms with van der Waals surface area (Å²) < 4.78 is 0. The maximum atomic E-state index is 11.3. The second kappa shape index (κ2) is 9.50. The van der Waals surface area contributed by atoms with E-state index >= 15 is 0 Å². The fourth-order valence-corrected chi connectivity index (χ4v) is 2.39. The predicted octanol–water partition coefficient (Wildman–Crippen LogP) is 2.99. The van der Waals surface area contributed by atoms with Gasteiger partial charge in [-0.05, 0) is 6.42 Å². The summed E-state index contributed by atoms with van der Waals surface area (Å²) in [6, 6.07) is -0.573. The van der Waals surface area contributed by atoms with Crippen molar-refractivity contribution in [3.8, 4) is 0 Å². The Morgan fingerprint density at radius 2 is 1.30 bits per heavy atom. The molecular formula is C15H26N2O3. The third kappa shape index (κ3) is 5.72. The molecule has 0 atom stereocenters. The monoisotopic (exact) mass is 282 g/mol. The van der Waals surface area contributed by atoms with E-state index in [1.54, 1.807) is 0 Å². The molecule has 1 N–H and O–H groups in total. The Labute approximate surface area is 121 Å². The van der Waals surface area contributed by atoms with Gasteiger partial charge in [0.05, 0.1) is 0 Å². The van der Waals surface area contributed by atoms with E-state index < -0.39 is 17.8 Å². The Balaban J connectivity index is 1.94. The number of nitrogens with one attached hydrogen (secondary N) is 1. The second-order valence-electron chi connectivity index (χ2n) is 5.40. The zero-order valence-electron chi connectivity index (χ0n) is 12.5. The van der Waals surface area contributed by atoms with Gasteiger partial charge in [0, 0.05) is 6.54 Å². The molecule has 1 aliphatic heterocycles. The molecule has 5 nitrogen and oxygen atoms in total. The summed E-state index contributed by atoms with van der Waals surface area (Å²) in [5.74, 6) is -1.52. The number of carbonyl (C=O) groups excluding carboxylic acids is 3. The molecule has 0 aromatic carbocycles. The molecule has 1 heterocycles. The highest BCUT2D eigenvalue weighted by Crippen LogP contribution is 2.11. The molecule has 0 radical (unpaired) electrons. The largest absolute Gasteiger partial charge is 0.331 e. The van der Waals surface area contributed by atoms with Crippen LogP contribution in [0, 0.1) is 0 Å². The van der Waals surface area contributed by atoms with Crippen molar-refractivity contribution in [1.29, 1.82) is 0 Å². The number of carbonyl (C=O) groups is 3. The predicted molar refractivity (Wildman–Crippen MR) is 77.1 cm³/mol. The van der Waals surface area contributed by atoms with Crippen LogP contribution in [0.1, 0.15) is 71.1 Å². The molecule has 1 rings (SSSR count). The fourth-order valence-electron chi connectivity index (χ4n) is 2.39. The summed E-state index contributed by atoms with van der Waals surface area (Å²) in [4.78, 5) is 34.5. The molecule has 1 aliphatic rings. The van der Waals surface area contributed by atoms with Crippen LogP contribution in [0.4, 0.5) is 4.79 Å². The first-order chi connectivity index (χ1) is 9.66. The molecule has 0 saturated carbocycles. The second-order valence-corrected chi connectivity index (χ2v) is 5.40. The molecule has 0 unspecified atom stereocenters. The molecule has 0 aromatic rings. The van der Waals surface area contributed by atoms with Gasteiger partial charge in [-0.2, -0.15) is 0 Å². The Morgan fingerprint density at radius 1 is 0.800 bits per heavy atom. The van der Waals surface area contributed by atoms with Crippen LogP contribution in [0.15, 0.2) is 0 Å². The average Bonchev–Trinajstić information content (AvgIpc) is 2.67. The van der Waals surface area contributed by atoms with Crippen LogP contribution in [0.25, 0.3) is 0 Å². The van der Waals surface area contributed by atoms with Crippen molar-refractivity contribution in [3.63, 3.8) is 0 Å². The first-order valence-corrected chi connectivity index (χ1v) is 7.83. The highest BCUT2D eigenvalue weighted by molar-refractivity contribution is 6.44. The summed E-state index contributed by atoms with van der Waals surface area (Å²) >= 11 is 0. The quantitative estimate of drug-likeness (QED) is 0.360. The third-order valence-electron chi connectivity index (χ3n) is 3.64. The minimum atomic E-state index is -0.804. The maximum Gasteiger partial charge on any atom is 0.331 e. The van der Waals surface area contributed by atoms with Crippen molar-refractivity contribution >= 4 is 17.8 Å². The van der Waals surface area contributed by atoms with Gasteiger partial charge in [0.15, 0.2) is 0 Å². The van der Waals surface area contributed by atoms with E-state index in [4.69, 9.17) is 0 Å². The van der Waals surface area contributed by atoms with Crippen molar-refractivity contribution in [2.45, 2.75) is 71.1 Å². The molecule has 4 amide bonds. The van der Waals surface area contributed by atoms with Gasteiger partial charge in [-0.25, -0.2) is 4.79 Å². The minimum Gasteiger partial charge on any atom is -0.269 e. The molecule has 0 aliphatic carbocycles. The van der Waals surface area contributed by atoms with Gasteiger partial charge in [0.2, 0.25) is 0 Å². The normalized spacial score (nSPS) is 15.1. The van der Waals surface area contributed by atoms with Crippen LogP contribution in [0.3, 0.4) is 0 Å². The standard InChI is InChI=1S/C15H26N2O3/c1-2-3-4-5-6-7-8-9-10-11-12-17-14(19)13(18)16-15(17)20/h2-12H2,1H3,(H,16,18,20). The van der Waals surface area contributed by atoms with E-state index in [1.807, 2.05) is 5.32 Å². The van der Waals surface area contributed by atoms with Crippen LogP contribution < -0.4 is 5.32 Å². The maximum absolute atomic E-state index is 11.3. The van der Waals surface area contributed by atoms with E-state index in [2.05, 4.69) is 6.92 Å². The Bertz CT molecular complexity index is 342. The van der Waals surface area contributed by atoms with E-state index in [0.717, 1.165) is 24.2 Å². The van der Waals surface area contributed by atoms with Crippen molar-refractivity contribution in [2.75, 3.05) is 6.54 Å². The number of hydrogen-bond donors (Lipinski definition) is 1. The Kier molecular flexibility index (Phi) is 7.92. The highest BCUT2D eigenvalue weighted by Gasteiger charge is 2.35. The molecule has 114 valence electrons. The topological polar surface area (TPSA) is 66.5 Å². The van der Waals surface area contributed by atoms with E-state index in [1.165, 1.54) is 44.9 Å². The molecule has 20 heavy (non-hydrogen) atoms. The molecule has 5 heteroatoms. The van der Waals surface area contributed by atoms with Gasteiger partial charge in [0.25, 0.3) is 0 Å². The first kappa shape index (κ1) is 16.7. The van der Waals surface area contributed by atoms with Crippen molar-refractivity contribution in [1.82, 2.24) is 10.2 Å². The number of amides is 4. The van der Waals surface area contributed by atoms with Gasteiger partial charge in [-0.3, -0.25) is 19.8 Å². The lowest BCUT2D eigenvalue weighted by atomic mass is 10.1. The van der Waals surface area contributed by atoms with Crippen molar-refractivity contribution in [2.24, 2.45) is 0 Å². The number of nitrogens with zero attached hydrogens (tertiary/aromatic N) is 1. The zero-order chi connectivity index (χ0) is 14.8. The van der Waals surface area contributed by atoms with Gasteiger partial charge >= 0.3 is 17.8 Å². The number of unbranched alkanes of at least 4 members (excludes halogenated alkanes) is 9. The first-order valence-electron chi connectivity index (χ1n) is 7.83. The molecule has 1 saturated heterocycles. The number of urea groups is 1. The SMILES string of the molecule is CCCCCCCCCCCCN1C(=O)NC(=O)C1=O. The lowest BCUT2D eigenvalue weighted by Crippen LogP contribution is -2.31. The summed E-state index contributed by atoms with van der Waals surface area (Å²) in [5, 5.41) is 2.00. The number of hydrogen-bond acceptors (Lipinski definition) is 3. The molecule has 0 aromatic heterocycles. The van der Waals surface area contributed by atoms with Crippen LogP contribution >= 0.6 is 0 Å². The summed E-state index contributed by atoms with van der Waals surface area (Å²) in [7, 11) is 0. The smallest absolute Gasteiger partial charge is 0.269 e. The molecule has 0 spiro atoms. The van der Waals surface area contributed by atoms with Crippen molar-refractivity contribution in [3.05, 3.63) is 0 Å². The Hall–Kier alpha value is -1.39. The molecular weight excluding hydrogens is 256 g/mol. The van der Waals surface area contributed by atoms with Crippen molar-refractivity contribution < 1.29 is 14.4 Å². The lowest BCUT2D eigenvalue weighted by Gasteiger charge is -2.10. The number of rotatable bonds is 11. The van der Waals surface area contributed by atoms with Gasteiger partial charge in [-0.1, -0.05) is 64.7 Å². The zero-order valence-corrected chi connectivity index (χ0v) is 12.5. The van der Waals surface area contributed by atoms with Crippen LogP contribution in [-0.2, 0) is 9.59 Å². The van der Waals surface area contributed by atoms with E-state index in [9.17, 15) is 14.4 Å². The van der Waals surface area contributed by atoms with Gasteiger partial charge in [-0.15, -0.1) is 0 Å². The average molecular weight is 282 g/mol. The summed E-state index contributed by atoms with van der Waals surface area (Å²) in [6.07, 6.45) is 12.0. The minimum absolute atomic E-state index is 0.354. The lowest BCUT2D eigenvalue weighted by molar-refractivity contribution is -0.140. The summed E-state index contributed by atoms with van der Waals surface area (Å²) in [6.45, 7) is 2.58. The Morgan fingerprint density at radius 3 is 1.75 bits per heavy atom. The summed E-state index contributed by atoms with van der Waals surface area (Å²) in [5.41, 5.74) is 0. The highest BCUT2D eigenvalue weighted by atomic mass is 16.2. The number of imide groups is 2. The van der Waals surface area contributed by atoms with Gasteiger partial charge in [0.1, 0.15) is 0 Å². The van der Waals surface area contributed by atoms with E-state index in [-0.39, 0.29) is 0 Å². The molecule has 1 fully saturated rings. The van der Waals surface area contributed by atoms with Gasteiger partial charge < -0.3 is 0 Å². The molecule has 0 bridgehead atoms. The third-order valence-corrected chi connectivity index (χ3v) is 3.64. The van der Waals surface area contributed by atoms with E-state index in [0.29, 0.717) is 6.54 Å². The fraction of sp³-hybridized carbons (Fsp3) is 0.800. The van der Waals surface area contributed by atoms with Crippen LogP contribution in [-0.4, -0.2) is 29.3 Å². The van der Waals surface area contributed by atoms with Crippen LogP contribution in [0.2, 0.25) is 0 Å². The van der Waals surface area contributed by atoms with Crippen LogP contribution in [0.5, 0.6) is 0 Å².